The Labute approximate surface area is 107 Å². The van der Waals surface area contributed by atoms with Crippen LogP contribution in [0.1, 0.15) is 0 Å². The number of likely N-dealkylation sites (tertiary alicyclic amines) is 1. The lowest BCUT2D eigenvalue weighted by molar-refractivity contribution is -0.133. The first kappa shape index (κ1) is 11.2. The minimum absolute atomic E-state index is 0.225. The third-order valence-electron chi connectivity index (χ3n) is 5.13. The summed E-state index contributed by atoms with van der Waals surface area (Å²) < 4.78 is 11.1. The number of fused-ring (bicyclic) bond motifs is 2. The molecule has 4 rings (SSSR count). The Morgan fingerprint density at radius 2 is 2.00 bits per heavy atom. The van der Waals surface area contributed by atoms with Crippen LogP contribution in [-0.4, -0.2) is 74.4 Å². The fourth-order valence-electron chi connectivity index (χ4n) is 3.85. The van der Waals surface area contributed by atoms with E-state index >= 15 is 0 Å². The summed E-state index contributed by atoms with van der Waals surface area (Å²) in [5, 5.41) is 0. The van der Waals surface area contributed by atoms with Gasteiger partial charge in [-0.05, 0) is 18.9 Å². The van der Waals surface area contributed by atoms with Crippen molar-refractivity contribution in [1.29, 1.82) is 0 Å². The fraction of sp³-hybridized carbons (Fsp3) is 0.923. The summed E-state index contributed by atoms with van der Waals surface area (Å²) in [5.41, 5.74) is 0. The van der Waals surface area contributed by atoms with Crippen LogP contribution in [0.3, 0.4) is 0 Å². The molecule has 1 unspecified atom stereocenters. The summed E-state index contributed by atoms with van der Waals surface area (Å²) in [6.07, 6.45) is 0.225. The molecule has 0 spiro atoms. The third kappa shape index (κ3) is 1.54. The fourth-order valence-corrected chi connectivity index (χ4v) is 3.85. The predicted octanol–water partition coefficient (Wildman–Crippen LogP) is -0.580. The Balaban J connectivity index is 1.43. The van der Waals surface area contributed by atoms with E-state index in [-0.39, 0.29) is 12.0 Å². The number of amides is 1. The van der Waals surface area contributed by atoms with Gasteiger partial charge in [0.1, 0.15) is 0 Å². The number of likely N-dealkylation sites (N-methyl/N-ethyl adjacent to an activating group) is 1. The number of morpholine rings is 1. The van der Waals surface area contributed by atoms with E-state index in [1.165, 1.54) is 0 Å². The van der Waals surface area contributed by atoms with Crippen molar-refractivity contribution in [2.24, 2.45) is 17.8 Å². The summed E-state index contributed by atoms with van der Waals surface area (Å²) in [6, 6.07) is 0.401. The van der Waals surface area contributed by atoms with E-state index < -0.39 is 0 Å². The van der Waals surface area contributed by atoms with E-state index in [2.05, 4.69) is 11.9 Å². The van der Waals surface area contributed by atoms with Gasteiger partial charge in [0, 0.05) is 25.6 Å². The lowest BCUT2D eigenvalue weighted by Crippen LogP contribution is -2.48. The van der Waals surface area contributed by atoms with Crippen LogP contribution in [0.5, 0.6) is 0 Å². The molecule has 4 fully saturated rings. The zero-order valence-corrected chi connectivity index (χ0v) is 10.7. The minimum atomic E-state index is 0.225. The topological polar surface area (TPSA) is 42.0 Å². The van der Waals surface area contributed by atoms with Crippen LogP contribution in [0.15, 0.2) is 0 Å². The Kier molecular flexibility index (Phi) is 2.44. The van der Waals surface area contributed by atoms with E-state index in [0.717, 1.165) is 39.5 Å². The molecule has 18 heavy (non-hydrogen) atoms. The molecule has 3 heterocycles. The Morgan fingerprint density at radius 1 is 1.22 bits per heavy atom. The van der Waals surface area contributed by atoms with E-state index in [9.17, 15) is 4.79 Å². The first-order valence-electron chi connectivity index (χ1n) is 6.94. The number of rotatable bonds is 1. The van der Waals surface area contributed by atoms with Crippen LogP contribution >= 0.6 is 0 Å². The summed E-state index contributed by atoms with van der Waals surface area (Å²) in [6.45, 7) is 4.98. The second-order valence-corrected chi connectivity index (χ2v) is 6.09. The molecule has 0 aromatic rings. The molecule has 0 radical (unpaired) electrons. The van der Waals surface area contributed by atoms with E-state index in [0.29, 0.717) is 23.8 Å². The van der Waals surface area contributed by atoms with Crippen LogP contribution in [0, 0.1) is 17.8 Å². The highest BCUT2D eigenvalue weighted by atomic mass is 16.5. The van der Waals surface area contributed by atoms with Gasteiger partial charge in [0.25, 0.3) is 0 Å². The monoisotopic (exact) mass is 252 g/mol. The quantitative estimate of drug-likeness (QED) is 0.626. The predicted molar refractivity (Wildman–Crippen MR) is 64.0 cm³/mol. The molecule has 1 amide bonds. The van der Waals surface area contributed by atoms with Crippen LogP contribution in [0.4, 0.5) is 0 Å². The first-order chi connectivity index (χ1) is 8.75. The second kappa shape index (κ2) is 3.92. The number of nitrogens with zero attached hydrogens (tertiary/aromatic N) is 2. The zero-order valence-electron chi connectivity index (χ0n) is 10.7. The molecule has 3 aliphatic heterocycles. The van der Waals surface area contributed by atoms with Gasteiger partial charge in [-0.1, -0.05) is 0 Å². The van der Waals surface area contributed by atoms with Gasteiger partial charge in [-0.2, -0.15) is 0 Å². The maximum Gasteiger partial charge on any atom is 0.226 e. The van der Waals surface area contributed by atoms with Gasteiger partial charge in [-0.15, -0.1) is 0 Å². The summed E-state index contributed by atoms with van der Waals surface area (Å²) in [5.74, 6) is 1.63. The molecule has 1 aliphatic carbocycles. The zero-order chi connectivity index (χ0) is 12.3. The lowest BCUT2D eigenvalue weighted by Gasteiger charge is -2.33. The maximum absolute atomic E-state index is 12.5. The van der Waals surface area contributed by atoms with Crippen LogP contribution in [0.25, 0.3) is 0 Å². The maximum atomic E-state index is 12.5. The number of hydrogen-bond donors (Lipinski definition) is 0. The molecular weight excluding hydrogens is 232 g/mol. The number of ether oxygens (including phenoxy) is 2. The van der Waals surface area contributed by atoms with Gasteiger partial charge >= 0.3 is 0 Å². The lowest BCUT2D eigenvalue weighted by atomic mass is 10.1. The van der Waals surface area contributed by atoms with Gasteiger partial charge in [-0.3, -0.25) is 9.69 Å². The number of carbonyl (C=O) groups is 1. The van der Waals surface area contributed by atoms with Crippen molar-refractivity contribution in [3.05, 3.63) is 0 Å². The molecule has 4 aliphatic rings. The van der Waals surface area contributed by atoms with E-state index in [1.54, 1.807) is 0 Å². The minimum Gasteiger partial charge on any atom is -0.381 e. The van der Waals surface area contributed by atoms with Crippen LogP contribution < -0.4 is 0 Å². The SMILES string of the molecule is CN1CCO[C@H]2CN(C(=O)C3[C@H]4COC[C@@H]34)C[C@H]21. The van der Waals surface area contributed by atoms with Crippen LogP contribution in [0.2, 0.25) is 0 Å². The van der Waals surface area contributed by atoms with E-state index in [4.69, 9.17) is 9.47 Å². The smallest absolute Gasteiger partial charge is 0.226 e. The molecule has 5 heteroatoms. The normalized spacial score (nSPS) is 46.9. The van der Waals surface area contributed by atoms with Gasteiger partial charge in [0.2, 0.25) is 5.91 Å². The highest BCUT2D eigenvalue weighted by Crippen LogP contribution is 2.51. The van der Waals surface area contributed by atoms with Crippen molar-refractivity contribution >= 4 is 5.91 Å². The van der Waals surface area contributed by atoms with Crippen LogP contribution in [-0.2, 0) is 14.3 Å². The molecule has 5 nitrogen and oxygen atoms in total. The highest BCUT2D eigenvalue weighted by molar-refractivity contribution is 5.83. The molecule has 3 saturated heterocycles. The molecule has 0 N–H and O–H groups in total. The Hall–Kier alpha value is -0.650. The Bertz CT molecular complexity index is 365. The van der Waals surface area contributed by atoms with Crippen molar-refractivity contribution in [2.45, 2.75) is 12.1 Å². The molecular formula is C13H20N2O3. The molecule has 100 valence electrons. The largest absolute Gasteiger partial charge is 0.381 e. The van der Waals surface area contributed by atoms with Crippen molar-refractivity contribution in [1.82, 2.24) is 9.80 Å². The van der Waals surface area contributed by atoms with E-state index in [1.807, 2.05) is 4.90 Å². The molecule has 1 saturated carbocycles. The standard InChI is InChI=1S/C13H20N2O3/c1-14-2-3-18-11-5-15(4-10(11)14)13(16)12-8-6-17-7-9(8)12/h8-12H,2-7H2,1H3/t8-,9+,10-,11+,12?/m1/s1. The average Bonchev–Trinajstić information content (AvgIpc) is 2.79. The van der Waals surface area contributed by atoms with Crippen molar-refractivity contribution in [3.63, 3.8) is 0 Å². The Morgan fingerprint density at radius 3 is 2.72 bits per heavy atom. The third-order valence-corrected chi connectivity index (χ3v) is 5.13. The van der Waals surface area contributed by atoms with Crippen molar-refractivity contribution in [2.75, 3.05) is 46.5 Å². The molecule has 0 bridgehead atoms. The first-order valence-corrected chi connectivity index (χ1v) is 6.94. The van der Waals surface area contributed by atoms with Gasteiger partial charge in [-0.25, -0.2) is 0 Å². The average molecular weight is 252 g/mol. The second-order valence-electron chi connectivity index (χ2n) is 6.09. The summed E-state index contributed by atoms with van der Waals surface area (Å²) in [7, 11) is 2.13. The van der Waals surface area contributed by atoms with Crippen molar-refractivity contribution < 1.29 is 14.3 Å². The van der Waals surface area contributed by atoms with Crippen molar-refractivity contribution in [3.8, 4) is 0 Å². The summed E-state index contributed by atoms with van der Waals surface area (Å²) in [4.78, 5) is 16.8. The van der Waals surface area contributed by atoms with Gasteiger partial charge in [0.05, 0.1) is 32.0 Å². The van der Waals surface area contributed by atoms with Gasteiger partial charge in [0.15, 0.2) is 0 Å². The number of hydrogen-bond acceptors (Lipinski definition) is 4. The highest BCUT2D eigenvalue weighted by Gasteiger charge is 2.59. The van der Waals surface area contributed by atoms with Gasteiger partial charge < -0.3 is 14.4 Å². The summed E-state index contributed by atoms with van der Waals surface area (Å²) >= 11 is 0. The molecule has 0 aromatic heterocycles. The molecule has 0 aromatic carbocycles. The molecule has 5 atom stereocenters. The number of carbonyl (C=O) groups excluding carboxylic acids is 1.